The number of hydrogen-bond acceptors (Lipinski definition) is 4. The van der Waals surface area contributed by atoms with Crippen LogP contribution in [-0.2, 0) is 4.79 Å². The van der Waals surface area contributed by atoms with Crippen LogP contribution in [0.3, 0.4) is 0 Å². The normalized spacial score (nSPS) is 11.8. The van der Waals surface area contributed by atoms with Gasteiger partial charge < -0.3 is 9.52 Å². The molecule has 1 aromatic heterocycles. The van der Waals surface area contributed by atoms with E-state index < -0.39 is 17.8 Å². The Morgan fingerprint density at radius 2 is 1.95 bits per heavy atom. The zero-order valence-electron chi connectivity index (χ0n) is 9.87. The first kappa shape index (κ1) is 12.8. The third kappa shape index (κ3) is 2.48. The third-order valence-electron chi connectivity index (χ3n) is 2.73. The molecule has 2 aromatic rings. The number of rotatable bonds is 4. The Labute approximate surface area is 108 Å². The summed E-state index contributed by atoms with van der Waals surface area (Å²) in [6.07, 6.45) is 1.41. The van der Waals surface area contributed by atoms with E-state index in [-0.39, 0.29) is 5.56 Å². The summed E-state index contributed by atoms with van der Waals surface area (Å²) in [6.45, 7) is 0. The number of nitrogens with one attached hydrogen (secondary N) is 1. The van der Waals surface area contributed by atoms with Gasteiger partial charge in [-0.2, -0.15) is 0 Å². The monoisotopic (exact) mass is 260 g/mol. The van der Waals surface area contributed by atoms with Crippen LogP contribution in [0, 0.1) is 0 Å². The fourth-order valence-electron chi connectivity index (χ4n) is 1.91. The van der Waals surface area contributed by atoms with Gasteiger partial charge in [0.05, 0.1) is 11.8 Å². The molecule has 1 heterocycles. The molecule has 0 aliphatic rings. The summed E-state index contributed by atoms with van der Waals surface area (Å²) in [6, 6.07) is 9.45. The van der Waals surface area contributed by atoms with Crippen molar-refractivity contribution in [2.45, 2.75) is 5.92 Å². The summed E-state index contributed by atoms with van der Waals surface area (Å²) in [5, 5.41) is 9.17. The fraction of sp³-hybridized carbons (Fsp3) is 0.0769. The van der Waals surface area contributed by atoms with Crippen molar-refractivity contribution < 1.29 is 19.1 Å². The quantitative estimate of drug-likeness (QED) is 0.433. The molecule has 6 nitrogen and oxygen atoms in total. The summed E-state index contributed by atoms with van der Waals surface area (Å²) in [7, 11) is 0. The molecule has 1 atom stereocenters. The molecule has 1 amide bonds. The highest BCUT2D eigenvalue weighted by atomic mass is 16.4. The Balaban J connectivity index is 2.57. The highest BCUT2D eigenvalue weighted by Gasteiger charge is 2.28. The zero-order chi connectivity index (χ0) is 13.8. The van der Waals surface area contributed by atoms with E-state index in [1.807, 2.05) is 5.43 Å². The van der Waals surface area contributed by atoms with Gasteiger partial charge in [-0.05, 0) is 23.8 Å². The van der Waals surface area contributed by atoms with Gasteiger partial charge in [-0.1, -0.05) is 18.2 Å². The molecular weight excluding hydrogens is 248 g/mol. The van der Waals surface area contributed by atoms with E-state index in [1.165, 1.54) is 12.3 Å². The van der Waals surface area contributed by atoms with E-state index in [0.29, 0.717) is 11.3 Å². The van der Waals surface area contributed by atoms with Gasteiger partial charge in [0.1, 0.15) is 11.7 Å². The number of hydrazine groups is 1. The Morgan fingerprint density at radius 1 is 1.21 bits per heavy atom. The van der Waals surface area contributed by atoms with E-state index in [1.54, 1.807) is 30.3 Å². The first-order valence-corrected chi connectivity index (χ1v) is 5.51. The summed E-state index contributed by atoms with van der Waals surface area (Å²) >= 11 is 0. The molecule has 6 heteroatoms. The van der Waals surface area contributed by atoms with Gasteiger partial charge in [0.2, 0.25) is 5.91 Å². The average molecular weight is 260 g/mol. The van der Waals surface area contributed by atoms with Crippen LogP contribution in [0.2, 0.25) is 0 Å². The zero-order valence-corrected chi connectivity index (χ0v) is 9.87. The molecule has 0 radical (unpaired) electrons. The Kier molecular flexibility index (Phi) is 3.63. The van der Waals surface area contributed by atoms with E-state index in [0.717, 1.165) is 0 Å². The second kappa shape index (κ2) is 5.36. The molecule has 1 aromatic carbocycles. The van der Waals surface area contributed by atoms with Crippen molar-refractivity contribution in [1.29, 1.82) is 0 Å². The average Bonchev–Trinajstić information content (AvgIpc) is 2.93. The number of carbonyl (C=O) groups is 2. The van der Waals surface area contributed by atoms with Crippen molar-refractivity contribution in [2.75, 3.05) is 0 Å². The molecule has 0 spiro atoms. The molecule has 0 aliphatic heterocycles. The lowest BCUT2D eigenvalue weighted by Gasteiger charge is -2.15. The van der Waals surface area contributed by atoms with Gasteiger partial charge in [0.15, 0.2) is 0 Å². The van der Waals surface area contributed by atoms with Gasteiger partial charge in [-0.25, -0.2) is 10.6 Å². The van der Waals surface area contributed by atoms with Crippen LogP contribution >= 0.6 is 0 Å². The SMILES string of the molecule is NNC(=O)[C@H](c1ccco1)c1ccccc1C(=O)O. The smallest absolute Gasteiger partial charge is 0.336 e. The lowest BCUT2D eigenvalue weighted by molar-refractivity contribution is -0.122. The molecule has 0 saturated carbocycles. The number of carboxylic acids is 1. The standard InChI is InChI=1S/C13H12N2O4/c14-15-12(16)11(10-6-3-7-19-10)8-4-1-2-5-9(8)13(17)18/h1-7,11H,14H2,(H,15,16)(H,17,18)/t11-/m0/s1. The van der Waals surface area contributed by atoms with Crippen molar-refractivity contribution in [3.63, 3.8) is 0 Å². The second-order valence-corrected chi connectivity index (χ2v) is 3.85. The Morgan fingerprint density at radius 3 is 2.53 bits per heavy atom. The van der Waals surface area contributed by atoms with Crippen LogP contribution in [0.15, 0.2) is 47.1 Å². The van der Waals surface area contributed by atoms with Gasteiger partial charge in [0, 0.05) is 0 Å². The van der Waals surface area contributed by atoms with E-state index in [9.17, 15) is 14.7 Å². The molecule has 0 bridgehead atoms. The molecule has 2 rings (SSSR count). The van der Waals surface area contributed by atoms with Crippen LogP contribution in [0.4, 0.5) is 0 Å². The highest BCUT2D eigenvalue weighted by molar-refractivity contribution is 5.94. The van der Waals surface area contributed by atoms with Crippen molar-refractivity contribution in [3.05, 3.63) is 59.5 Å². The van der Waals surface area contributed by atoms with Gasteiger partial charge >= 0.3 is 5.97 Å². The number of aromatic carboxylic acids is 1. The molecule has 4 N–H and O–H groups in total. The van der Waals surface area contributed by atoms with E-state index in [4.69, 9.17) is 10.3 Å². The van der Waals surface area contributed by atoms with Crippen LogP contribution in [0.5, 0.6) is 0 Å². The third-order valence-corrected chi connectivity index (χ3v) is 2.73. The topological polar surface area (TPSA) is 106 Å². The Bertz CT molecular complexity index is 592. The molecule has 98 valence electrons. The van der Waals surface area contributed by atoms with Crippen LogP contribution in [0.1, 0.15) is 27.6 Å². The minimum Gasteiger partial charge on any atom is -0.478 e. The predicted molar refractivity (Wildman–Crippen MR) is 66.3 cm³/mol. The highest BCUT2D eigenvalue weighted by Crippen LogP contribution is 2.28. The molecule has 0 unspecified atom stereocenters. The number of benzene rings is 1. The summed E-state index contributed by atoms with van der Waals surface area (Å²) in [4.78, 5) is 23.1. The predicted octanol–water partition coefficient (Wildman–Crippen LogP) is 1.10. The minimum atomic E-state index is -1.11. The lowest BCUT2D eigenvalue weighted by Crippen LogP contribution is -2.35. The minimum absolute atomic E-state index is 0.0347. The molecule has 0 fully saturated rings. The molecular formula is C13H12N2O4. The van der Waals surface area contributed by atoms with Crippen LogP contribution < -0.4 is 11.3 Å². The van der Waals surface area contributed by atoms with Crippen LogP contribution in [0.25, 0.3) is 0 Å². The number of carbonyl (C=O) groups excluding carboxylic acids is 1. The number of carboxylic acid groups (broad SMARTS) is 1. The largest absolute Gasteiger partial charge is 0.478 e. The maximum atomic E-state index is 11.9. The number of nitrogens with two attached hydrogens (primary N) is 1. The second-order valence-electron chi connectivity index (χ2n) is 3.85. The summed E-state index contributed by atoms with van der Waals surface area (Å²) in [5.41, 5.74) is 2.39. The van der Waals surface area contributed by atoms with Crippen molar-refractivity contribution >= 4 is 11.9 Å². The molecule has 0 saturated heterocycles. The van der Waals surface area contributed by atoms with E-state index in [2.05, 4.69) is 0 Å². The molecule has 19 heavy (non-hydrogen) atoms. The fourth-order valence-corrected chi connectivity index (χ4v) is 1.91. The van der Waals surface area contributed by atoms with Gasteiger partial charge in [0.25, 0.3) is 0 Å². The summed E-state index contributed by atoms with van der Waals surface area (Å²) in [5.74, 6) is 2.94. The summed E-state index contributed by atoms with van der Waals surface area (Å²) < 4.78 is 5.20. The van der Waals surface area contributed by atoms with E-state index >= 15 is 0 Å². The van der Waals surface area contributed by atoms with Crippen molar-refractivity contribution in [3.8, 4) is 0 Å². The lowest BCUT2D eigenvalue weighted by atomic mass is 9.91. The Hall–Kier alpha value is -2.60. The number of furan rings is 1. The number of hydrogen-bond donors (Lipinski definition) is 3. The first-order chi connectivity index (χ1) is 9.15. The number of amides is 1. The maximum Gasteiger partial charge on any atom is 0.336 e. The van der Waals surface area contributed by atoms with Crippen molar-refractivity contribution in [2.24, 2.45) is 5.84 Å². The first-order valence-electron chi connectivity index (χ1n) is 5.51. The molecule has 0 aliphatic carbocycles. The van der Waals surface area contributed by atoms with Gasteiger partial charge in [-0.15, -0.1) is 0 Å². The van der Waals surface area contributed by atoms with Gasteiger partial charge in [-0.3, -0.25) is 10.2 Å². The van der Waals surface area contributed by atoms with Crippen molar-refractivity contribution in [1.82, 2.24) is 5.43 Å². The maximum absolute atomic E-state index is 11.9. The van der Waals surface area contributed by atoms with Crippen LogP contribution in [-0.4, -0.2) is 17.0 Å².